The van der Waals surface area contributed by atoms with E-state index in [4.69, 9.17) is 16.2 Å². The Bertz CT molecular complexity index is 348. The van der Waals surface area contributed by atoms with Crippen molar-refractivity contribution in [2.75, 3.05) is 5.73 Å². The van der Waals surface area contributed by atoms with Crippen LogP contribution >= 0.6 is 0 Å². The van der Waals surface area contributed by atoms with Crippen LogP contribution in [0.1, 0.15) is 24.2 Å². The molecule has 0 radical (unpaired) electrons. The fourth-order valence-electron chi connectivity index (χ4n) is 1.12. The Morgan fingerprint density at radius 1 is 1.43 bits per heavy atom. The number of hydrogen-bond donors (Lipinski definition) is 2. The maximum Gasteiger partial charge on any atom is 0.250 e. The van der Waals surface area contributed by atoms with Gasteiger partial charge in [0.25, 0.3) is 5.91 Å². The Kier molecular flexibility index (Phi) is 2.96. The monoisotopic (exact) mass is 194 g/mol. The second kappa shape index (κ2) is 4.00. The van der Waals surface area contributed by atoms with E-state index in [0.717, 1.165) is 0 Å². The minimum Gasteiger partial charge on any atom is -0.489 e. The summed E-state index contributed by atoms with van der Waals surface area (Å²) in [5, 5.41) is 0. The number of carbonyl (C=O) groups excluding carboxylic acids is 1. The maximum atomic E-state index is 10.9. The number of hydrogen-bond acceptors (Lipinski definition) is 3. The Morgan fingerprint density at radius 2 is 2.07 bits per heavy atom. The summed E-state index contributed by atoms with van der Waals surface area (Å²) >= 11 is 0. The van der Waals surface area contributed by atoms with Crippen LogP contribution in [0.2, 0.25) is 0 Å². The van der Waals surface area contributed by atoms with E-state index in [9.17, 15) is 4.79 Å². The molecule has 0 spiro atoms. The lowest BCUT2D eigenvalue weighted by atomic mass is 10.1. The van der Waals surface area contributed by atoms with Crippen LogP contribution in [-0.2, 0) is 0 Å². The molecule has 0 heterocycles. The predicted molar refractivity (Wildman–Crippen MR) is 55.1 cm³/mol. The molecule has 4 N–H and O–H groups in total. The summed E-state index contributed by atoms with van der Waals surface area (Å²) in [5.74, 6) is -0.0481. The van der Waals surface area contributed by atoms with Crippen molar-refractivity contribution in [3.05, 3.63) is 23.8 Å². The molecule has 0 fully saturated rings. The van der Waals surface area contributed by atoms with Crippen LogP contribution in [0.4, 0.5) is 5.69 Å². The second-order valence-corrected chi connectivity index (χ2v) is 3.25. The smallest absolute Gasteiger partial charge is 0.250 e. The first-order valence-electron chi connectivity index (χ1n) is 4.37. The van der Waals surface area contributed by atoms with Crippen LogP contribution in [0.15, 0.2) is 18.2 Å². The Morgan fingerprint density at radius 3 is 2.57 bits per heavy atom. The summed E-state index contributed by atoms with van der Waals surface area (Å²) in [6.07, 6.45) is 0.0143. The van der Waals surface area contributed by atoms with Crippen LogP contribution in [-0.4, -0.2) is 12.0 Å². The van der Waals surface area contributed by atoms with E-state index in [-0.39, 0.29) is 6.10 Å². The van der Waals surface area contributed by atoms with Gasteiger partial charge in [-0.15, -0.1) is 0 Å². The third-order valence-corrected chi connectivity index (χ3v) is 1.69. The number of ether oxygens (including phenoxy) is 1. The molecular weight excluding hydrogens is 180 g/mol. The molecule has 0 aliphatic heterocycles. The number of amides is 1. The quantitative estimate of drug-likeness (QED) is 0.708. The second-order valence-electron chi connectivity index (χ2n) is 3.25. The predicted octanol–water partition coefficient (Wildman–Crippen LogP) is 1.15. The summed E-state index contributed by atoms with van der Waals surface area (Å²) in [4.78, 5) is 10.9. The number of para-hydroxylation sites is 1. The molecule has 76 valence electrons. The molecule has 1 amide bonds. The molecule has 0 aromatic heterocycles. The van der Waals surface area contributed by atoms with Gasteiger partial charge in [-0.2, -0.15) is 0 Å². The van der Waals surface area contributed by atoms with Crippen molar-refractivity contribution in [2.24, 2.45) is 5.73 Å². The van der Waals surface area contributed by atoms with Crippen molar-refractivity contribution in [3.8, 4) is 5.75 Å². The SMILES string of the molecule is CC(C)Oc1cccc(C(N)=O)c1N. The number of carbonyl (C=O) groups is 1. The summed E-state index contributed by atoms with van der Waals surface area (Å²) in [6.45, 7) is 3.77. The van der Waals surface area contributed by atoms with Gasteiger partial charge in [0, 0.05) is 0 Å². The highest BCUT2D eigenvalue weighted by atomic mass is 16.5. The van der Waals surface area contributed by atoms with Gasteiger partial charge in [0.05, 0.1) is 17.4 Å². The number of rotatable bonds is 3. The van der Waals surface area contributed by atoms with E-state index in [0.29, 0.717) is 17.0 Å². The summed E-state index contributed by atoms with van der Waals surface area (Å²) < 4.78 is 5.40. The fraction of sp³-hybridized carbons (Fsp3) is 0.300. The Labute approximate surface area is 82.8 Å². The Hall–Kier alpha value is -1.71. The summed E-state index contributed by atoms with van der Waals surface area (Å²) in [6, 6.07) is 4.97. The third kappa shape index (κ3) is 2.16. The molecule has 0 bridgehead atoms. The van der Waals surface area contributed by atoms with E-state index in [2.05, 4.69) is 0 Å². The highest BCUT2D eigenvalue weighted by Crippen LogP contribution is 2.25. The first kappa shape index (κ1) is 10.4. The van der Waals surface area contributed by atoms with Crippen LogP contribution in [0.3, 0.4) is 0 Å². The molecule has 14 heavy (non-hydrogen) atoms. The fourth-order valence-corrected chi connectivity index (χ4v) is 1.12. The summed E-state index contributed by atoms with van der Waals surface area (Å²) in [7, 11) is 0. The molecule has 0 atom stereocenters. The van der Waals surface area contributed by atoms with E-state index in [1.807, 2.05) is 13.8 Å². The van der Waals surface area contributed by atoms with Gasteiger partial charge >= 0.3 is 0 Å². The molecule has 0 saturated heterocycles. The van der Waals surface area contributed by atoms with Crippen molar-refractivity contribution >= 4 is 11.6 Å². The molecule has 4 heteroatoms. The van der Waals surface area contributed by atoms with Crippen molar-refractivity contribution in [3.63, 3.8) is 0 Å². The standard InChI is InChI=1S/C10H14N2O2/c1-6(2)14-8-5-3-4-7(9(8)11)10(12)13/h3-6H,11H2,1-2H3,(H2,12,13). The molecule has 1 aromatic carbocycles. The molecule has 0 aliphatic rings. The molecule has 1 rings (SSSR count). The third-order valence-electron chi connectivity index (χ3n) is 1.69. The van der Waals surface area contributed by atoms with Crippen LogP contribution in [0, 0.1) is 0 Å². The summed E-state index contributed by atoms with van der Waals surface area (Å²) in [5.41, 5.74) is 11.4. The minimum absolute atomic E-state index is 0.0143. The largest absolute Gasteiger partial charge is 0.489 e. The average Bonchev–Trinajstić information content (AvgIpc) is 2.07. The lowest BCUT2D eigenvalue weighted by molar-refractivity contribution is 0.100. The van der Waals surface area contributed by atoms with Gasteiger partial charge in [0.1, 0.15) is 5.75 Å². The highest BCUT2D eigenvalue weighted by Gasteiger charge is 2.10. The van der Waals surface area contributed by atoms with E-state index in [1.165, 1.54) is 0 Å². The van der Waals surface area contributed by atoms with Gasteiger partial charge < -0.3 is 16.2 Å². The molecule has 1 aromatic rings. The van der Waals surface area contributed by atoms with Crippen molar-refractivity contribution in [2.45, 2.75) is 20.0 Å². The molecule has 4 nitrogen and oxygen atoms in total. The number of anilines is 1. The van der Waals surface area contributed by atoms with Crippen LogP contribution < -0.4 is 16.2 Å². The molecular formula is C10H14N2O2. The normalized spacial score (nSPS) is 10.2. The van der Waals surface area contributed by atoms with Gasteiger partial charge in [0.15, 0.2) is 0 Å². The highest BCUT2D eigenvalue weighted by molar-refractivity contribution is 5.99. The topological polar surface area (TPSA) is 78.3 Å². The van der Waals surface area contributed by atoms with E-state index < -0.39 is 5.91 Å². The van der Waals surface area contributed by atoms with Gasteiger partial charge in [0.2, 0.25) is 0 Å². The van der Waals surface area contributed by atoms with E-state index >= 15 is 0 Å². The molecule has 0 aliphatic carbocycles. The molecule has 0 saturated carbocycles. The van der Waals surface area contributed by atoms with Gasteiger partial charge in [-0.25, -0.2) is 0 Å². The number of nitrogen functional groups attached to an aromatic ring is 1. The zero-order valence-corrected chi connectivity index (χ0v) is 8.28. The van der Waals surface area contributed by atoms with Gasteiger partial charge in [-0.1, -0.05) is 6.07 Å². The Balaban J connectivity index is 3.07. The first-order valence-corrected chi connectivity index (χ1v) is 4.37. The van der Waals surface area contributed by atoms with Crippen molar-refractivity contribution in [1.29, 1.82) is 0 Å². The van der Waals surface area contributed by atoms with Gasteiger partial charge in [-0.3, -0.25) is 4.79 Å². The molecule has 0 unspecified atom stereocenters. The number of benzene rings is 1. The number of nitrogens with two attached hydrogens (primary N) is 2. The van der Waals surface area contributed by atoms with E-state index in [1.54, 1.807) is 18.2 Å². The van der Waals surface area contributed by atoms with Crippen molar-refractivity contribution in [1.82, 2.24) is 0 Å². The number of primary amides is 1. The van der Waals surface area contributed by atoms with Gasteiger partial charge in [-0.05, 0) is 26.0 Å². The average molecular weight is 194 g/mol. The van der Waals surface area contributed by atoms with Crippen molar-refractivity contribution < 1.29 is 9.53 Å². The first-order chi connectivity index (χ1) is 6.52. The zero-order chi connectivity index (χ0) is 10.7. The lowest BCUT2D eigenvalue weighted by Gasteiger charge is -2.13. The maximum absolute atomic E-state index is 10.9. The zero-order valence-electron chi connectivity index (χ0n) is 8.28. The van der Waals surface area contributed by atoms with Crippen LogP contribution in [0.5, 0.6) is 5.75 Å². The minimum atomic E-state index is -0.545. The van der Waals surface area contributed by atoms with Crippen LogP contribution in [0.25, 0.3) is 0 Å². The lowest BCUT2D eigenvalue weighted by Crippen LogP contribution is -2.15.